The Balaban J connectivity index is 1.46. The van der Waals surface area contributed by atoms with Crippen LogP contribution in [0.3, 0.4) is 0 Å². The summed E-state index contributed by atoms with van der Waals surface area (Å²) >= 11 is 0. The first kappa shape index (κ1) is 18.0. The van der Waals surface area contributed by atoms with Crippen LogP contribution in [-0.4, -0.2) is 30.5 Å². The zero-order chi connectivity index (χ0) is 18.8. The van der Waals surface area contributed by atoms with Gasteiger partial charge in [-0.1, -0.05) is 36.4 Å². The lowest BCUT2D eigenvalue weighted by Crippen LogP contribution is -2.38. The summed E-state index contributed by atoms with van der Waals surface area (Å²) < 4.78 is 5.26. The Morgan fingerprint density at radius 2 is 1.85 bits per heavy atom. The zero-order valence-corrected chi connectivity index (χ0v) is 15.9. The third-order valence-electron chi connectivity index (χ3n) is 5.91. The van der Waals surface area contributed by atoms with Gasteiger partial charge in [0, 0.05) is 31.5 Å². The summed E-state index contributed by atoms with van der Waals surface area (Å²) in [6.07, 6.45) is 1.49. The first-order chi connectivity index (χ1) is 13.2. The molecular weight excluding hydrogens is 338 g/mol. The van der Waals surface area contributed by atoms with Gasteiger partial charge in [-0.05, 0) is 42.2 Å². The van der Waals surface area contributed by atoms with Crippen molar-refractivity contribution in [2.24, 2.45) is 5.92 Å². The summed E-state index contributed by atoms with van der Waals surface area (Å²) in [5.74, 6) is 1.30. The quantitative estimate of drug-likeness (QED) is 0.875. The van der Waals surface area contributed by atoms with Gasteiger partial charge < -0.3 is 9.64 Å². The Morgan fingerprint density at radius 1 is 1.11 bits per heavy atom. The van der Waals surface area contributed by atoms with Crippen molar-refractivity contribution in [1.29, 1.82) is 0 Å². The van der Waals surface area contributed by atoms with E-state index in [1.54, 1.807) is 7.11 Å². The lowest BCUT2D eigenvalue weighted by Gasteiger charge is -2.31. The summed E-state index contributed by atoms with van der Waals surface area (Å²) in [5.41, 5.74) is 10.5. The van der Waals surface area contributed by atoms with Crippen LogP contribution in [0.25, 0.3) is 0 Å². The molecule has 2 N–H and O–H groups in total. The fourth-order valence-corrected chi connectivity index (χ4v) is 4.20. The third kappa shape index (κ3) is 3.70. The number of carbonyl (C=O) groups excluding carboxylic acids is 1. The Morgan fingerprint density at radius 3 is 2.59 bits per heavy atom. The van der Waals surface area contributed by atoms with Crippen LogP contribution < -0.4 is 15.6 Å². The summed E-state index contributed by atoms with van der Waals surface area (Å²) in [7, 11) is 1.67. The molecule has 0 aliphatic carbocycles. The van der Waals surface area contributed by atoms with Crippen LogP contribution in [-0.2, 0) is 17.8 Å². The fraction of sp³-hybridized carbons (Fsp3) is 0.409. The number of amides is 1. The monoisotopic (exact) mass is 365 g/mol. The van der Waals surface area contributed by atoms with Crippen LogP contribution in [0.2, 0.25) is 0 Å². The molecule has 4 rings (SSSR count). The SMILES string of the molecule is COc1ccc(C2NNC(C)C2CC(=O)N2CCc3ccccc3C2)cc1. The van der Waals surface area contributed by atoms with Crippen molar-refractivity contribution in [3.63, 3.8) is 0 Å². The molecule has 0 aromatic heterocycles. The summed E-state index contributed by atoms with van der Waals surface area (Å²) in [5, 5.41) is 0. The molecule has 5 heteroatoms. The molecule has 142 valence electrons. The normalized spacial score (nSPS) is 24.5. The highest BCUT2D eigenvalue weighted by atomic mass is 16.5. The molecule has 5 nitrogen and oxygen atoms in total. The largest absolute Gasteiger partial charge is 0.497 e. The van der Waals surface area contributed by atoms with Crippen LogP contribution in [0.4, 0.5) is 0 Å². The van der Waals surface area contributed by atoms with Gasteiger partial charge in [-0.3, -0.25) is 10.2 Å². The smallest absolute Gasteiger partial charge is 0.223 e. The number of nitrogens with one attached hydrogen (secondary N) is 2. The second kappa shape index (κ2) is 7.71. The lowest BCUT2D eigenvalue weighted by molar-refractivity contribution is -0.133. The molecule has 0 spiro atoms. The van der Waals surface area contributed by atoms with Crippen LogP contribution >= 0.6 is 0 Å². The molecule has 2 aliphatic rings. The van der Waals surface area contributed by atoms with Gasteiger partial charge >= 0.3 is 0 Å². The maximum Gasteiger partial charge on any atom is 0.223 e. The van der Waals surface area contributed by atoms with E-state index in [-0.39, 0.29) is 23.9 Å². The highest BCUT2D eigenvalue weighted by Gasteiger charge is 2.36. The van der Waals surface area contributed by atoms with Gasteiger partial charge in [-0.15, -0.1) is 0 Å². The minimum absolute atomic E-state index is 0.118. The number of fused-ring (bicyclic) bond motifs is 1. The van der Waals surface area contributed by atoms with Gasteiger partial charge in [-0.2, -0.15) is 0 Å². The average Bonchev–Trinajstić information content (AvgIpc) is 3.08. The minimum Gasteiger partial charge on any atom is -0.497 e. The first-order valence-corrected chi connectivity index (χ1v) is 9.65. The van der Waals surface area contributed by atoms with Crippen molar-refractivity contribution in [3.05, 3.63) is 65.2 Å². The molecule has 2 aromatic rings. The van der Waals surface area contributed by atoms with Crippen molar-refractivity contribution in [1.82, 2.24) is 15.8 Å². The maximum atomic E-state index is 13.0. The van der Waals surface area contributed by atoms with Gasteiger partial charge in [-0.25, -0.2) is 5.43 Å². The number of carbonyl (C=O) groups is 1. The molecular formula is C22H27N3O2. The van der Waals surface area contributed by atoms with E-state index < -0.39 is 0 Å². The van der Waals surface area contributed by atoms with Crippen LogP contribution in [0, 0.1) is 5.92 Å². The molecule has 3 atom stereocenters. The molecule has 0 bridgehead atoms. The van der Waals surface area contributed by atoms with Crippen molar-refractivity contribution in [3.8, 4) is 5.75 Å². The van der Waals surface area contributed by atoms with Gasteiger partial charge in [0.2, 0.25) is 5.91 Å². The topological polar surface area (TPSA) is 53.6 Å². The summed E-state index contributed by atoms with van der Waals surface area (Å²) in [6, 6.07) is 16.9. The van der Waals surface area contributed by atoms with Crippen LogP contribution in [0.15, 0.2) is 48.5 Å². The van der Waals surface area contributed by atoms with E-state index >= 15 is 0 Å². The maximum absolute atomic E-state index is 13.0. The minimum atomic E-state index is 0.118. The number of hydrogen-bond acceptors (Lipinski definition) is 4. The van der Waals surface area contributed by atoms with E-state index in [2.05, 4.69) is 54.2 Å². The molecule has 27 heavy (non-hydrogen) atoms. The Kier molecular flexibility index (Phi) is 5.14. The van der Waals surface area contributed by atoms with Gasteiger partial charge in [0.1, 0.15) is 5.75 Å². The van der Waals surface area contributed by atoms with E-state index in [0.29, 0.717) is 6.42 Å². The second-order valence-corrected chi connectivity index (χ2v) is 7.53. The van der Waals surface area contributed by atoms with Gasteiger partial charge in [0.25, 0.3) is 0 Å². The number of hydrogen-bond donors (Lipinski definition) is 2. The molecule has 2 aromatic carbocycles. The summed E-state index contributed by atoms with van der Waals surface area (Å²) in [4.78, 5) is 15.0. The van der Waals surface area contributed by atoms with E-state index in [1.807, 2.05) is 17.0 Å². The second-order valence-electron chi connectivity index (χ2n) is 7.53. The number of benzene rings is 2. The third-order valence-corrected chi connectivity index (χ3v) is 5.91. The van der Waals surface area contributed by atoms with Gasteiger partial charge in [0.05, 0.1) is 13.2 Å². The van der Waals surface area contributed by atoms with Crippen LogP contribution in [0.1, 0.15) is 36.1 Å². The average molecular weight is 365 g/mol. The van der Waals surface area contributed by atoms with Crippen molar-refractivity contribution < 1.29 is 9.53 Å². The number of rotatable bonds is 4. The van der Waals surface area contributed by atoms with E-state index in [4.69, 9.17) is 4.74 Å². The van der Waals surface area contributed by atoms with Gasteiger partial charge in [0.15, 0.2) is 0 Å². The standard InChI is InChI=1S/C22H27N3O2/c1-15-20(22(24-23-15)17-7-9-19(27-2)10-8-17)13-21(26)25-12-11-16-5-3-4-6-18(16)14-25/h3-10,15,20,22-24H,11-14H2,1-2H3. The van der Waals surface area contributed by atoms with Crippen molar-refractivity contribution in [2.45, 2.75) is 38.4 Å². The molecule has 1 fully saturated rings. The molecule has 0 saturated carbocycles. The molecule has 1 amide bonds. The highest BCUT2D eigenvalue weighted by Crippen LogP contribution is 2.33. The predicted molar refractivity (Wildman–Crippen MR) is 105 cm³/mol. The van der Waals surface area contributed by atoms with Crippen molar-refractivity contribution >= 4 is 5.91 Å². The predicted octanol–water partition coefficient (Wildman–Crippen LogP) is 2.82. The highest BCUT2D eigenvalue weighted by molar-refractivity contribution is 5.77. The fourth-order valence-electron chi connectivity index (χ4n) is 4.20. The number of ether oxygens (including phenoxy) is 1. The molecule has 1 saturated heterocycles. The number of nitrogens with zero attached hydrogens (tertiary/aromatic N) is 1. The van der Waals surface area contributed by atoms with E-state index in [1.165, 1.54) is 16.7 Å². The van der Waals surface area contributed by atoms with Crippen molar-refractivity contribution in [2.75, 3.05) is 13.7 Å². The summed E-state index contributed by atoms with van der Waals surface area (Å²) in [6.45, 7) is 3.68. The Hall–Kier alpha value is -2.37. The molecule has 0 radical (unpaired) electrons. The van der Waals surface area contributed by atoms with E-state index in [9.17, 15) is 4.79 Å². The zero-order valence-electron chi connectivity index (χ0n) is 15.9. The van der Waals surface area contributed by atoms with E-state index in [0.717, 1.165) is 25.3 Å². The number of methoxy groups -OCH3 is 1. The Bertz CT molecular complexity index is 805. The molecule has 2 aliphatic heterocycles. The Labute approximate surface area is 160 Å². The molecule has 2 heterocycles. The van der Waals surface area contributed by atoms with Crippen LogP contribution in [0.5, 0.6) is 5.75 Å². The molecule has 3 unspecified atom stereocenters. The number of hydrazine groups is 1. The lowest BCUT2D eigenvalue weighted by atomic mass is 9.87. The first-order valence-electron chi connectivity index (χ1n) is 9.65.